The van der Waals surface area contributed by atoms with E-state index in [0.29, 0.717) is 17.8 Å². The van der Waals surface area contributed by atoms with Crippen LogP contribution in [-0.2, 0) is 19.1 Å². The number of aliphatic hydroxyl groups is 3. The summed E-state index contributed by atoms with van der Waals surface area (Å²) in [5.74, 6) is 2.82. The highest BCUT2D eigenvalue weighted by molar-refractivity contribution is 5.81. The van der Waals surface area contributed by atoms with E-state index in [2.05, 4.69) is 31.3 Å². The fourth-order valence-corrected chi connectivity index (χ4v) is 10.8. The van der Waals surface area contributed by atoms with Crippen molar-refractivity contribution in [1.29, 1.82) is 0 Å². The smallest absolute Gasteiger partial charge is 0.217 e. The highest BCUT2D eigenvalue weighted by Crippen LogP contribution is 2.69. The molecule has 10 nitrogen and oxygen atoms in total. The van der Waals surface area contributed by atoms with Crippen LogP contribution in [0.5, 0.6) is 11.5 Å². The average Bonchev–Trinajstić information content (AvgIpc) is 3.37. The minimum absolute atomic E-state index is 0.00930. The summed E-state index contributed by atoms with van der Waals surface area (Å²) in [5.41, 5.74) is 2.37. The molecule has 5 aliphatic rings. The predicted molar refractivity (Wildman–Crippen MR) is 174 cm³/mol. The maximum absolute atomic E-state index is 13.5. The molecule has 13 atom stereocenters. The van der Waals surface area contributed by atoms with Crippen molar-refractivity contribution in [2.75, 3.05) is 20.8 Å². The number of nitrogens with one attached hydrogen (secondary N) is 1. The Morgan fingerprint density at radius 1 is 1.04 bits per heavy atom. The number of hydrogen-bond donors (Lipinski definition) is 4. The second kappa shape index (κ2) is 13.1. The molecule has 1 aliphatic heterocycles. The molecule has 1 saturated heterocycles. The number of allylic oxidation sites excluding steroid dienone is 1. The zero-order chi connectivity index (χ0) is 33.8. The minimum atomic E-state index is -1.34. The van der Waals surface area contributed by atoms with Crippen molar-refractivity contribution in [3.05, 3.63) is 35.4 Å². The summed E-state index contributed by atoms with van der Waals surface area (Å²) in [6.07, 6.45) is 3.97. The van der Waals surface area contributed by atoms with Gasteiger partial charge in [-0.15, -0.1) is 0 Å². The molecule has 0 radical (unpaired) electrons. The molecule has 6 rings (SSSR count). The second-order valence-electron chi connectivity index (χ2n) is 15.3. The first-order valence-corrected chi connectivity index (χ1v) is 17.3. The van der Waals surface area contributed by atoms with Gasteiger partial charge in [0.1, 0.15) is 41.6 Å². The lowest BCUT2D eigenvalue weighted by atomic mass is 9.47. The zero-order valence-electron chi connectivity index (χ0n) is 28.6. The number of hydrogen-bond acceptors (Lipinski definition) is 9. The van der Waals surface area contributed by atoms with Crippen LogP contribution in [-0.4, -0.2) is 84.6 Å². The zero-order valence-corrected chi connectivity index (χ0v) is 28.6. The summed E-state index contributed by atoms with van der Waals surface area (Å²) in [6.45, 7) is 7.41. The minimum Gasteiger partial charge on any atom is -0.497 e. The Morgan fingerprint density at radius 3 is 2.47 bits per heavy atom. The third-order valence-electron chi connectivity index (χ3n) is 13.0. The average molecular weight is 656 g/mol. The van der Waals surface area contributed by atoms with Gasteiger partial charge in [0, 0.05) is 18.4 Å². The third kappa shape index (κ3) is 5.82. The van der Waals surface area contributed by atoms with Crippen LogP contribution in [0, 0.1) is 34.5 Å². The molecule has 0 aromatic heterocycles. The van der Waals surface area contributed by atoms with Gasteiger partial charge in [-0.3, -0.25) is 9.59 Å². The molecule has 9 unspecified atom stereocenters. The third-order valence-corrected chi connectivity index (χ3v) is 13.0. The number of benzene rings is 1. The number of ketones is 1. The van der Waals surface area contributed by atoms with E-state index < -0.39 is 37.3 Å². The monoisotopic (exact) mass is 655 g/mol. The molecule has 0 spiro atoms. The SMILES string of the molecule is COc1ccc(OC)c(C2CC3C4CC=C5CC(OC6O[C@H](CO)[C@H](O)[C@H](O)[C@@H]6NC(C)=O)CCC5(C)C4CCC3(C)C2C(C)=O)c1. The van der Waals surface area contributed by atoms with E-state index in [0.717, 1.165) is 62.0 Å². The van der Waals surface area contributed by atoms with Gasteiger partial charge in [0.05, 0.1) is 26.9 Å². The summed E-state index contributed by atoms with van der Waals surface area (Å²) < 4.78 is 23.7. The van der Waals surface area contributed by atoms with Crippen LogP contribution in [0.2, 0.25) is 0 Å². The van der Waals surface area contributed by atoms with E-state index in [9.17, 15) is 24.9 Å². The van der Waals surface area contributed by atoms with Crippen molar-refractivity contribution >= 4 is 11.7 Å². The lowest BCUT2D eigenvalue weighted by Crippen LogP contribution is -2.65. The number of carbonyl (C=O) groups is 2. The van der Waals surface area contributed by atoms with Gasteiger partial charge in [-0.25, -0.2) is 0 Å². The predicted octanol–water partition coefficient (Wildman–Crippen LogP) is 3.89. The lowest BCUT2D eigenvalue weighted by molar-refractivity contribution is -0.284. The molecule has 1 amide bonds. The summed E-state index contributed by atoms with van der Waals surface area (Å²) in [5, 5.41) is 33.6. The Bertz CT molecular complexity index is 1380. The van der Waals surface area contributed by atoms with Gasteiger partial charge >= 0.3 is 0 Å². The molecule has 47 heavy (non-hydrogen) atoms. The van der Waals surface area contributed by atoms with Gasteiger partial charge in [-0.05, 0) is 105 Å². The van der Waals surface area contributed by atoms with Crippen LogP contribution in [0.15, 0.2) is 29.8 Å². The van der Waals surface area contributed by atoms with E-state index in [4.69, 9.17) is 18.9 Å². The number of aliphatic hydroxyl groups excluding tert-OH is 3. The number of amides is 1. The molecule has 0 bridgehead atoms. The number of carbonyl (C=O) groups excluding carboxylic acids is 2. The molecule has 3 saturated carbocycles. The molecule has 4 fully saturated rings. The Balaban J connectivity index is 1.24. The van der Waals surface area contributed by atoms with Crippen molar-refractivity contribution in [3.63, 3.8) is 0 Å². The fourth-order valence-electron chi connectivity index (χ4n) is 10.8. The summed E-state index contributed by atoms with van der Waals surface area (Å²) in [6, 6.07) is 4.98. The van der Waals surface area contributed by atoms with Crippen molar-refractivity contribution in [3.8, 4) is 11.5 Å². The van der Waals surface area contributed by atoms with Crippen molar-refractivity contribution in [1.82, 2.24) is 5.32 Å². The van der Waals surface area contributed by atoms with E-state index in [1.54, 1.807) is 21.1 Å². The first-order chi connectivity index (χ1) is 22.4. The summed E-state index contributed by atoms with van der Waals surface area (Å²) in [4.78, 5) is 25.4. The Kier molecular flexibility index (Phi) is 9.57. The second-order valence-corrected chi connectivity index (χ2v) is 15.3. The van der Waals surface area contributed by atoms with Crippen LogP contribution in [0.1, 0.15) is 84.1 Å². The summed E-state index contributed by atoms with van der Waals surface area (Å²) >= 11 is 0. The molecule has 1 aromatic carbocycles. The molecule has 4 N–H and O–H groups in total. The number of fused-ring (bicyclic) bond motifs is 5. The van der Waals surface area contributed by atoms with Gasteiger partial charge in [-0.1, -0.05) is 25.5 Å². The molecule has 260 valence electrons. The van der Waals surface area contributed by atoms with E-state index >= 15 is 0 Å². The molecule has 1 aromatic rings. The quantitative estimate of drug-likeness (QED) is 0.307. The van der Waals surface area contributed by atoms with E-state index in [1.807, 2.05) is 12.1 Å². The van der Waals surface area contributed by atoms with Gasteiger partial charge in [0.15, 0.2) is 6.29 Å². The van der Waals surface area contributed by atoms with Crippen molar-refractivity contribution < 1.29 is 43.9 Å². The Hall–Kier alpha value is -2.50. The highest BCUT2D eigenvalue weighted by Gasteiger charge is 2.62. The first-order valence-electron chi connectivity index (χ1n) is 17.3. The fraction of sp³-hybridized carbons (Fsp3) is 0.730. The maximum atomic E-state index is 13.5. The number of Topliss-reactive ketones (excluding diaryl/α,β-unsaturated/α-hetero) is 1. The number of methoxy groups -OCH3 is 2. The van der Waals surface area contributed by atoms with Crippen LogP contribution >= 0.6 is 0 Å². The standard InChI is InChI=1S/C37H53NO9/c1-19(40)31-26(25-16-22(44-5)8-10-29(25)45-6)17-28-24-9-7-21-15-23(11-13-36(21,3)27(24)12-14-37(28,31)4)46-35-32(38-20(2)41)34(43)33(42)30(18-39)47-35/h7-8,10,16,23-24,26-28,30-35,39,42-43H,9,11-15,17-18H2,1-6H3,(H,38,41)/t23?,24?,26?,27?,28?,30-,31?,32+,33+,34-,35?,36?,37?/m1/s1. The Labute approximate surface area is 278 Å². The first kappa shape index (κ1) is 34.4. The molecule has 10 heteroatoms. The van der Waals surface area contributed by atoms with E-state index in [-0.39, 0.29) is 40.5 Å². The Morgan fingerprint density at radius 2 is 1.81 bits per heavy atom. The molecular weight excluding hydrogens is 602 g/mol. The van der Waals surface area contributed by atoms with Gasteiger partial charge in [0.25, 0.3) is 0 Å². The maximum Gasteiger partial charge on any atom is 0.217 e. The topological polar surface area (TPSA) is 144 Å². The summed E-state index contributed by atoms with van der Waals surface area (Å²) in [7, 11) is 3.36. The number of ether oxygens (including phenoxy) is 4. The normalized spacial score (nSPS) is 42.7. The molecular formula is C37H53NO9. The van der Waals surface area contributed by atoms with Crippen LogP contribution in [0.3, 0.4) is 0 Å². The molecule has 4 aliphatic carbocycles. The largest absolute Gasteiger partial charge is 0.497 e. The van der Waals surface area contributed by atoms with Crippen molar-refractivity contribution in [2.45, 2.75) is 115 Å². The molecule has 1 heterocycles. The highest BCUT2D eigenvalue weighted by atomic mass is 16.7. The van der Waals surface area contributed by atoms with Crippen LogP contribution in [0.25, 0.3) is 0 Å². The van der Waals surface area contributed by atoms with Gasteiger partial charge in [-0.2, -0.15) is 0 Å². The lowest BCUT2D eigenvalue weighted by Gasteiger charge is -2.58. The van der Waals surface area contributed by atoms with Crippen LogP contribution < -0.4 is 14.8 Å². The number of rotatable bonds is 8. The van der Waals surface area contributed by atoms with E-state index in [1.165, 1.54) is 12.5 Å². The van der Waals surface area contributed by atoms with Gasteiger partial charge in [0.2, 0.25) is 5.91 Å². The van der Waals surface area contributed by atoms with Gasteiger partial charge < -0.3 is 39.6 Å². The van der Waals surface area contributed by atoms with Crippen LogP contribution in [0.4, 0.5) is 0 Å². The van der Waals surface area contributed by atoms with Crippen molar-refractivity contribution in [2.24, 2.45) is 34.5 Å².